The van der Waals surface area contributed by atoms with Crippen molar-refractivity contribution >= 4 is 29.8 Å². The third kappa shape index (κ3) is 5.34. The van der Waals surface area contributed by atoms with Crippen molar-refractivity contribution in [2.75, 3.05) is 5.32 Å². The first kappa shape index (κ1) is 18.0. The van der Waals surface area contributed by atoms with Crippen LogP contribution in [-0.2, 0) is 4.79 Å². The van der Waals surface area contributed by atoms with E-state index in [1.165, 1.54) is 13.1 Å². The molecule has 6 heteroatoms. The highest BCUT2D eigenvalue weighted by Crippen LogP contribution is 2.16. The number of anilines is 1. The molecule has 2 aromatic heterocycles. The minimum atomic E-state index is -0.450. The van der Waals surface area contributed by atoms with E-state index >= 15 is 0 Å². The molecule has 0 fully saturated rings. The standard InChI is InChI=1S/C21H17N3O3/c1-15(25)24-20-13-17(10-12-23-20)5-4-16-6-8-19(9-7-16)27-21(26)18-3-2-11-22-14-18/h2-14H,1H3,(H,23,24,25)/b5-4+. The molecule has 0 unspecified atom stereocenters. The molecular formula is C21H17N3O3. The van der Waals surface area contributed by atoms with Crippen LogP contribution >= 0.6 is 0 Å². The average molecular weight is 359 g/mol. The van der Waals surface area contributed by atoms with Crippen LogP contribution in [0.1, 0.15) is 28.4 Å². The number of nitrogens with one attached hydrogen (secondary N) is 1. The molecule has 1 N–H and O–H groups in total. The van der Waals surface area contributed by atoms with Gasteiger partial charge in [0.1, 0.15) is 11.6 Å². The monoisotopic (exact) mass is 359 g/mol. The lowest BCUT2D eigenvalue weighted by atomic mass is 10.1. The van der Waals surface area contributed by atoms with Gasteiger partial charge >= 0.3 is 5.97 Å². The Morgan fingerprint density at radius 3 is 2.48 bits per heavy atom. The van der Waals surface area contributed by atoms with Crippen LogP contribution in [0.15, 0.2) is 67.1 Å². The number of esters is 1. The Morgan fingerprint density at radius 1 is 1.00 bits per heavy atom. The summed E-state index contributed by atoms with van der Waals surface area (Å²) in [6, 6.07) is 14.1. The fourth-order valence-corrected chi connectivity index (χ4v) is 2.29. The molecule has 0 radical (unpaired) electrons. The highest BCUT2D eigenvalue weighted by molar-refractivity contribution is 5.90. The molecule has 0 aliphatic rings. The number of pyridine rings is 2. The lowest BCUT2D eigenvalue weighted by Gasteiger charge is -2.04. The van der Waals surface area contributed by atoms with Gasteiger partial charge in [0, 0.05) is 25.5 Å². The second-order valence-corrected chi connectivity index (χ2v) is 5.69. The summed E-state index contributed by atoms with van der Waals surface area (Å²) in [7, 11) is 0. The van der Waals surface area contributed by atoms with Crippen LogP contribution < -0.4 is 10.1 Å². The maximum atomic E-state index is 12.0. The highest BCUT2D eigenvalue weighted by atomic mass is 16.5. The minimum Gasteiger partial charge on any atom is -0.423 e. The lowest BCUT2D eigenvalue weighted by Crippen LogP contribution is -2.08. The summed E-state index contributed by atoms with van der Waals surface area (Å²) in [5.74, 6) is 0.342. The quantitative estimate of drug-likeness (QED) is 0.553. The number of nitrogens with zero attached hydrogens (tertiary/aromatic N) is 2. The Morgan fingerprint density at radius 2 is 1.78 bits per heavy atom. The zero-order chi connectivity index (χ0) is 19.1. The molecule has 0 aliphatic carbocycles. The Bertz CT molecular complexity index is 967. The van der Waals surface area contributed by atoms with Gasteiger partial charge in [-0.25, -0.2) is 9.78 Å². The van der Waals surface area contributed by atoms with Crippen molar-refractivity contribution in [1.29, 1.82) is 0 Å². The third-order valence-electron chi connectivity index (χ3n) is 3.54. The van der Waals surface area contributed by atoms with Gasteiger partial charge in [0.15, 0.2) is 0 Å². The Kier molecular flexibility index (Phi) is 5.69. The summed E-state index contributed by atoms with van der Waals surface area (Å²) in [4.78, 5) is 31.1. The number of carbonyl (C=O) groups is 2. The second kappa shape index (κ2) is 8.53. The van der Waals surface area contributed by atoms with E-state index < -0.39 is 5.97 Å². The van der Waals surface area contributed by atoms with Gasteiger partial charge in [-0.3, -0.25) is 9.78 Å². The number of rotatable bonds is 5. The zero-order valence-corrected chi connectivity index (χ0v) is 14.6. The molecular weight excluding hydrogens is 342 g/mol. The van der Waals surface area contributed by atoms with Gasteiger partial charge in [-0.1, -0.05) is 24.3 Å². The van der Waals surface area contributed by atoms with E-state index in [1.807, 2.05) is 30.4 Å². The number of benzene rings is 1. The van der Waals surface area contributed by atoms with Crippen LogP contribution in [0.2, 0.25) is 0 Å². The minimum absolute atomic E-state index is 0.167. The number of hydrogen-bond acceptors (Lipinski definition) is 5. The molecule has 0 atom stereocenters. The summed E-state index contributed by atoms with van der Waals surface area (Å²) in [5.41, 5.74) is 2.24. The Labute approximate surface area is 156 Å². The molecule has 1 aromatic carbocycles. The molecule has 0 saturated carbocycles. The Balaban J connectivity index is 1.64. The smallest absolute Gasteiger partial charge is 0.345 e. The molecule has 6 nitrogen and oxygen atoms in total. The van der Waals surface area contributed by atoms with Gasteiger partial charge in [0.25, 0.3) is 0 Å². The molecule has 0 bridgehead atoms. The fourth-order valence-electron chi connectivity index (χ4n) is 2.29. The van der Waals surface area contributed by atoms with E-state index in [0.717, 1.165) is 11.1 Å². The van der Waals surface area contributed by atoms with E-state index in [-0.39, 0.29) is 5.91 Å². The SMILES string of the molecule is CC(=O)Nc1cc(/C=C/c2ccc(OC(=O)c3cccnc3)cc2)ccn1. The van der Waals surface area contributed by atoms with Gasteiger partial charge in [-0.15, -0.1) is 0 Å². The largest absolute Gasteiger partial charge is 0.423 e. The molecule has 3 rings (SSSR count). The van der Waals surface area contributed by atoms with Crippen molar-refractivity contribution in [3.8, 4) is 5.75 Å². The van der Waals surface area contributed by atoms with Crippen molar-refractivity contribution in [2.24, 2.45) is 0 Å². The maximum Gasteiger partial charge on any atom is 0.345 e. The van der Waals surface area contributed by atoms with Gasteiger partial charge in [0.05, 0.1) is 5.56 Å². The van der Waals surface area contributed by atoms with Crippen molar-refractivity contribution in [3.05, 3.63) is 83.8 Å². The molecule has 0 spiro atoms. The number of aromatic nitrogens is 2. The second-order valence-electron chi connectivity index (χ2n) is 5.69. The molecule has 0 aliphatic heterocycles. The molecule has 1 amide bonds. The van der Waals surface area contributed by atoms with Gasteiger partial charge < -0.3 is 10.1 Å². The van der Waals surface area contributed by atoms with Crippen LogP contribution in [0.3, 0.4) is 0 Å². The van der Waals surface area contributed by atoms with Crippen LogP contribution in [0.4, 0.5) is 5.82 Å². The van der Waals surface area contributed by atoms with Crippen molar-refractivity contribution in [3.63, 3.8) is 0 Å². The predicted molar refractivity (Wildman–Crippen MR) is 103 cm³/mol. The number of ether oxygens (including phenoxy) is 1. The van der Waals surface area contributed by atoms with Crippen LogP contribution in [0.5, 0.6) is 5.75 Å². The number of amides is 1. The van der Waals surface area contributed by atoms with Gasteiger partial charge in [0.2, 0.25) is 5.91 Å². The van der Waals surface area contributed by atoms with Crippen LogP contribution in [-0.4, -0.2) is 21.8 Å². The first-order valence-corrected chi connectivity index (χ1v) is 8.24. The van der Waals surface area contributed by atoms with Crippen molar-refractivity contribution in [2.45, 2.75) is 6.92 Å². The summed E-state index contributed by atoms with van der Waals surface area (Å²) in [6.45, 7) is 1.44. The van der Waals surface area contributed by atoms with E-state index in [4.69, 9.17) is 4.74 Å². The van der Waals surface area contributed by atoms with Crippen LogP contribution in [0, 0.1) is 0 Å². The summed E-state index contributed by atoms with van der Waals surface area (Å²) in [6.07, 6.45) is 8.51. The van der Waals surface area contributed by atoms with Gasteiger partial charge in [-0.05, 0) is 47.5 Å². The lowest BCUT2D eigenvalue weighted by molar-refractivity contribution is -0.114. The predicted octanol–water partition coefficient (Wildman–Crippen LogP) is 3.82. The Hall–Kier alpha value is -3.80. The molecule has 2 heterocycles. The highest BCUT2D eigenvalue weighted by Gasteiger charge is 2.07. The van der Waals surface area contributed by atoms with Crippen molar-refractivity contribution in [1.82, 2.24) is 9.97 Å². The molecule has 3 aromatic rings. The molecule has 27 heavy (non-hydrogen) atoms. The summed E-state index contributed by atoms with van der Waals surface area (Å²) in [5, 5.41) is 2.65. The van der Waals surface area contributed by atoms with E-state index in [0.29, 0.717) is 17.1 Å². The normalized spacial score (nSPS) is 10.6. The zero-order valence-electron chi connectivity index (χ0n) is 14.6. The third-order valence-corrected chi connectivity index (χ3v) is 3.54. The number of carbonyl (C=O) groups excluding carboxylic acids is 2. The van der Waals surface area contributed by atoms with Crippen molar-refractivity contribution < 1.29 is 14.3 Å². The van der Waals surface area contributed by atoms with Gasteiger partial charge in [-0.2, -0.15) is 0 Å². The van der Waals surface area contributed by atoms with E-state index in [1.54, 1.807) is 42.7 Å². The fraction of sp³-hybridized carbons (Fsp3) is 0.0476. The summed E-state index contributed by atoms with van der Waals surface area (Å²) < 4.78 is 5.32. The number of hydrogen-bond donors (Lipinski definition) is 1. The molecule has 134 valence electrons. The first-order chi connectivity index (χ1) is 13.1. The van der Waals surface area contributed by atoms with Crippen LogP contribution in [0.25, 0.3) is 12.2 Å². The van der Waals surface area contributed by atoms with E-state index in [9.17, 15) is 9.59 Å². The van der Waals surface area contributed by atoms with E-state index in [2.05, 4.69) is 15.3 Å². The topological polar surface area (TPSA) is 81.2 Å². The maximum absolute atomic E-state index is 12.0. The summed E-state index contributed by atoms with van der Waals surface area (Å²) >= 11 is 0. The average Bonchev–Trinajstić information content (AvgIpc) is 2.68. The molecule has 0 saturated heterocycles. The first-order valence-electron chi connectivity index (χ1n) is 8.24.